The van der Waals surface area contributed by atoms with Crippen molar-refractivity contribution in [2.75, 3.05) is 13.2 Å². The first kappa shape index (κ1) is 24.5. The van der Waals surface area contributed by atoms with Crippen LogP contribution in [0.2, 0.25) is 0 Å². The first-order chi connectivity index (χ1) is 13.5. The predicted molar refractivity (Wildman–Crippen MR) is 110 cm³/mol. The Bertz CT molecular complexity index is 771. The van der Waals surface area contributed by atoms with Gasteiger partial charge in [0.05, 0.1) is 12.0 Å². The first-order valence-corrected chi connectivity index (χ1v) is 9.76. The van der Waals surface area contributed by atoms with Gasteiger partial charge in [0.1, 0.15) is 5.75 Å². The lowest BCUT2D eigenvalue weighted by atomic mass is 9.88. The summed E-state index contributed by atoms with van der Waals surface area (Å²) in [6.07, 6.45) is 1.10. The molecule has 1 atom stereocenters. The largest absolute Gasteiger partial charge is 0.493 e. The van der Waals surface area contributed by atoms with Gasteiger partial charge in [-0.1, -0.05) is 19.1 Å². The van der Waals surface area contributed by atoms with Gasteiger partial charge in [-0.15, -0.1) is 4.91 Å². The highest BCUT2D eigenvalue weighted by Gasteiger charge is 2.42. The van der Waals surface area contributed by atoms with Gasteiger partial charge in [0.2, 0.25) is 11.3 Å². The number of benzene rings is 1. The predicted octanol–water partition coefficient (Wildman–Crippen LogP) is 4.11. The first-order valence-electron chi connectivity index (χ1n) is 9.76. The number of hydrogen-bond donors (Lipinski definition) is 0. The zero-order valence-corrected chi connectivity index (χ0v) is 18.2. The second kappa shape index (κ2) is 10.3. The maximum atomic E-state index is 12.4. The fraction of sp³-hybridized carbons (Fsp3) is 0.591. The second-order valence-corrected chi connectivity index (χ2v) is 8.04. The monoisotopic (exact) mass is 405 g/mol. The molecule has 0 aliphatic carbocycles. The molecule has 7 nitrogen and oxygen atoms in total. The summed E-state index contributed by atoms with van der Waals surface area (Å²) in [7, 11) is 0. The van der Waals surface area contributed by atoms with Crippen molar-refractivity contribution in [2.45, 2.75) is 66.3 Å². The molecule has 0 N–H and O–H groups in total. The Labute approximate surface area is 172 Å². The maximum Gasteiger partial charge on any atom is 0.311 e. The molecule has 160 valence electrons. The van der Waals surface area contributed by atoms with Gasteiger partial charge in [-0.3, -0.25) is 14.4 Å². The third-order valence-electron chi connectivity index (χ3n) is 5.02. The quantitative estimate of drug-likeness (QED) is 0.225. The van der Waals surface area contributed by atoms with E-state index in [1.54, 1.807) is 13.8 Å². The van der Waals surface area contributed by atoms with E-state index in [0.29, 0.717) is 19.4 Å². The van der Waals surface area contributed by atoms with E-state index in [2.05, 4.69) is 5.18 Å². The molecule has 1 rings (SSSR count). The fourth-order valence-electron chi connectivity index (χ4n) is 2.73. The minimum atomic E-state index is -2.02. The molecule has 1 aromatic carbocycles. The molecule has 0 fully saturated rings. The number of rotatable bonds is 12. The molecule has 0 aliphatic rings. The van der Waals surface area contributed by atoms with Gasteiger partial charge in [0.25, 0.3) is 0 Å². The second-order valence-electron chi connectivity index (χ2n) is 8.04. The van der Waals surface area contributed by atoms with Crippen LogP contribution in [0.15, 0.2) is 23.4 Å². The Morgan fingerprint density at radius 2 is 1.72 bits per heavy atom. The lowest BCUT2D eigenvalue weighted by molar-refractivity contribution is -0.158. The van der Waals surface area contributed by atoms with Crippen LogP contribution in [0.5, 0.6) is 5.75 Å². The average molecular weight is 405 g/mol. The smallest absolute Gasteiger partial charge is 0.311 e. The number of nitroso groups, excluding NO2 is 1. The van der Waals surface area contributed by atoms with E-state index < -0.39 is 35.1 Å². The van der Waals surface area contributed by atoms with E-state index in [-0.39, 0.29) is 6.42 Å². The van der Waals surface area contributed by atoms with Crippen LogP contribution in [-0.2, 0) is 19.1 Å². The van der Waals surface area contributed by atoms with Crippen LogP contribution in [-0.4, -0.2) is 36.3 Å². The van der Waals surface area contributed by atoms with Gasteiger partial charge < -0.3 is 9.47 Å². The molecule has 7 heteroatoms. The molecule has 0 aromatic heterocycles. The van der Waals surface area contributed by atoms with Gasteiger partial charge in [0.15, 0.2) is 12.4 Å². The van der Waals surface area contributed by atoms with Crippen LogP contribution < -0.4 is 4.74 Å². The SMILES string of the molecule is CCC(=O)C(C)(N=O)C(=O)COC(=O)C(C)(C)CCCOc1cc(C)ccc1C. The van der Waals surface area contributed by atoms with Crippen LogP contribution in [0.4, 0.5) is 0 Å². The van der Waals surface area contributed by atoms with E-state index in [0.717, 1.165) is 23.8 Å². The normalized spacial score (nSPS) is 13.3. The van der Waals surface area contributed by atoms with E-state index in [4.69, 9.17) is 9.47 Å². The topological polar surface area (TPSA) is 99.1 Å². The Morgan fingerprint density at radius 3 is 2.31 bits per heavy atom. The molecule has 0 bridgehead atoms. The molecular weight excluding hydrogens is 374 g/mol. The van der Waals surface area contributed by atoms with Crippen molar-refractivity contribution in [2.24, 2.45) is 10.6 Å². The molecule has 0 heterocycles. The van der Waals surface area contributed by atoms with E-state index in [1.807, 2.05) is 32.0 Å². The molecule has 0 radical (unpaired) electrons. The Morgan fingerprint density at radius 1 is 1.07 bits per heavy atom. The van der Waals surface area contributed by atoms with Gasteiger partial charge in [-0.25, -0.2) is 0 Å². The van der Waals surface area contributed by atoms with Crippen LogP contribution in [0.3, 0.4) is 0 Å². The van der Waals surface area contributed by atoms with Crippen LogP contribution in [0.1, 0.15) is 58.1 Å². The third-order valence-corrected chi connectivity index (χ3v) is 5.02. The third kappa shape index (κ3) is 6.48. The number of aryl methyl sites for hydroxylation is 2. The summed E-state index contributed by atoms with van der Waals surface area (Å²) in [6, 6.07) is 5.98. The Kier molecular flexibility index (Phi) is 8.67. The van der Waals surface area contributed by atoms with Gasteiger partial charge in [-0.2, -0.15) is 0 Å². The van der Waals surface area contributed by atoms with Crippen LogP contribution in [0.25, 0.3) is 0 Å². The minimum Gasteiger partial charge on any atom is -0.493 e. The summed E-state index contributed by atoms with van der Waals surface area (Å²) in [4.78, 5) is 47.4. The average Bonchev–Trinajstić information content (AvgIpc) is 2.69. The van der Waals surface area contributed by atoms with Crippen molar-refractivity contribution in [1.82, 2.24) is 0 Å². The highest BCUT2D eigenvalue weighted by atomic mass is 16.5. The van der Waals surface area contributed by atoms with Gasteiger partial charge >= 0.3 is 5.97 Å². The minimum absolute atomic E-state index is 0.00612. The number of ether oxygens (including phenoxy) is 2. The van der Waals surface area contributed by atoms with Gasteiger partial charge in [-0.05, 0) is 69.8 Å². The van der Waals surface area contributed by atoms with E-state index in [9.17, 15) is 19.3 Å². The van der Waals surface area contributed by atoms with E-state index in [1.165, 1.54) is 6.92 Å². The van der Waals surface area contributed by atoms with E-state index >= 15 is 0 Å². The van der Waals surface area contributed by atoms with Crippen molar-refractivity contribution in [3.8, 4) is 5.75 Å². The summed E-state index contributed by atoms with van der Waals surface area (Å²) in [5.41, 5.74) is -0.706. The summed E-state index contributed by atoms with van der Waals surface area (Å²) in [6.45, 7) is 9.86. The molecule has 0 spiro atoms. The number of ketones is 2. The molecule has 0 amide bonds. The number of Topliss-reactive ketones (excluding diaryl/α,β-unsaturated/α-hetero) is 2. The number of hydrogen-bond acceptors (Lipinski definition) is 7. The lowest BCUT2D eigenvalue weighted by Crippen LogP contribution is -2.44. The van der Waals surface area contributed by atoms with Crippen molar-refractivity contribution < 1.29 is 23.9 Å². The number of esters is 1. The fourth-order valence-corrected chi connectivity index (χ4v) is 2.73. The standard InChI is InChI=1S/C22H31NO6/c1-7-18(24)22(6,23-27)19(25)14-29-20(26)21(4,5)11-8-12-28-17-13-15(2)9-10-16(17)3/h9-10,13H,7-8,11-12,14H2,1-6H3. The summed E-state index contributed by atoms with van der Waals surface area (Å²) in [5.74, 6) is -1.18. The Balaban J connectivity index is 2.54. The molecular formula is C22H31NO6. The zero-order chi connectivity index (χ0) is 22.2. The molecule has 0 aliphatic heterocycles. The number of carbonyl (C=O) groups excluding carboxylic acids is 3. The van der Waals surface area contributed by atoms with Crippen molar-refractivity contribution in [3.05, 3.63) is 34.2 Å². The molecule has 0 saturated heterocycles. The van der Waals surface area contributed by atoms with Crippen molar-refractivity contribution in [3.63, 3.8) is 0 Å². The molecule has 1 aromatic rings. The summed E-state index contributed by atoms with van der Waals surface area (Å²) >= 11 is 0. The number of nitrogens with zero attached hydrogens (tertiary/aromatic N) is 1. The highest BCUT2D eigenvalue weighted by Crippen LogP contribution is 2.26. The lowest BCUT2D eigenvalue weighted by Gasteiger charge is -2.24. The summed E-state index contributed by atoms with van der Waals surface area (Å²) < 4.78 is 10.9. The van der Waals surface area contributed by atoms with Crippen LogP contribution in [0, 0.1) is 24.2 Å². The Hall–Kier alpha value is -2.57. The van der Waals surface area contributed by atoms with Crippen molar-refractivity contribution in [1.29, 1.82) is 0 Å². The molecule has 29 heavy (non-hydrogen) atoms. The zero-order valence-electron chi connectivity index (χ0n) is 18.2. The highest BCUT2D eigenvalue weighted by molar-refractivity contribution is 6.12. The van der Waals surface area contributed by atoms with Crippen LogP contribution >= 0.6 is 0 Å². The summed E-state index contributed by atoms with van der Waals surface area (Å²) in [5, 5.41) is 2.68. The van der Waals surface area contributed by atoms with Crippen molar-refractivity contribution >= 4 is 17.5 Å². The number of carbonyl (C=O) groups is 3. The van der Waals surface area contributed by atoms with Gasteiger partial charge in [0, 0.05) is 6.42 Å². The molecule has 0 saturated carbocycles. The maximum absolute atomic E-state index is 12.4. The molecule has 1 unspecified atom stereocenters.